The number of furan rings is 1. The second kappa shape index (κ2) is 6.35. The van der Waals surface area contributed by atoms with Crippen molar-refractivity contribution in [3.63, 3.8) is 0 Å². The molecule has 1 aliphatic rings. The highest BCUT2D eigenvalue weighted by atomic mass is 16.5. The maximum atomic E-state index is 5.86. The maximum Gasteiger partial charge on any atom is 0.138 e. The molecular formula is C18H23NO2. The van der Waals surface area contributed by atoms with Gasteiger partial charge in [-0.15, -0.1) is 0 Å². The van der Waals surface area contributed by atoms with E-state index in [4.69, 9.17) is 9.15 Å². The molecule has 0 atom stereocenters. The van der Waals surface area contributed by atoms with E-state index >= 15 is 0 Å². The van der Waals surface area contributed by atoms with Gasteiger partial charge in [-0.2, -0.15) is 0 Å². The smallest absolute Gasteiger partial charge is 0.138 e. The lowest BCUT2D eigenvalue weighted by Crippen LogP contribution is -2.33. The van der Waals surface area contributed by atoms with Gasteiger partial charge in [0.1, 0.15) is 23.7 Å². The Morgan fingerprint density at radius 1 is 1.24 bits per heavy atom. The van der Waals surface area contributed by atoms with Crippen molar-refractivity contribution in [2.45, 2.75) is 26.2 Å². The number of nitrogens with zero attached hydrogens (tertiary/aromatic N) is 1. The van der Waals surface area contributed by atoms with E-state index in [1.165, 1.54) is 32.4 Å². The molecule has 0 amide bonds. The molecule has 0 aliphatic carbocycles. The minimum Gasteiger partial charge on any atom is -0.492 e. The van der Waals surface area contributed by atoms with E-state index in [1.54, 1.807) is 0 Å². The zero-order chi connectivity index (χ0) is 14.7. The van der Waals surface area contributed by atoms with E-state index in [-0.39, 0.29) is 0 Å². The van der Waals surface area contributed by atoms with Crippen LogP contribution in [0.15, 0.2) is 35.3 Å². The largest absolute Gasteiger partial charge is 0.492 e. The second-order valence-electron chi connectivity index (χ2n) is 5.84. The van der Waals surface area contributed by atoms with Crippen molar-refractivity contribution < 1.29 is 9.15 Å². The van der Waals surface area contributed by atoms with E-state index in [0.717, 1.165) is 41.2 Å². The first kappa shape index (κ1) is 14.2. The van der Waals surface area contributed by atoms with Crippen LogP contribution in [0.5, 0.6) is 5.75 Å². The molecule has 0 bridgehead atoms. The van der Waals surface area contributed by atoms with E-state index < -0.39 is 0 Å². The Balaban J connectivity index is 1.60. The Hall–Kier alpha value is -1.74. The molecular weight excluding hydrogens is 262 g/mol. The number of rotatable bonds is 5. The summed E-state index contributed by atoms with van der Waals surface area (Å²) in [4.78, 5) is 2.48. The zero-order valence-electron chi connectivity index (χ0n) is 12.7. The molecule has 1 aliphatic heterocycles. The first-order valence-electron chi connectivity index (χ1n) is 7.77. The summed E-state index contributed by atoms with van der Waals surface area (Å²) < 4.78 is 11.6. The Bertz CT molecular complexity index is 623. The van der Waals surface area contributed by atoms with Gasteiger partial charge in [0.25, 0.3) is 0 Å². The van der Waals surface area contributed by atoms with Crippen molar-refractivity contribution in [1.29, 1.82) is 0 Å². The highest BCUT2D eigenvalue weighted by Crippen LogP contribution is 2.27. The fourth-order valence-electron chi connectivity index (χ4n) is 2.79. The molecule has 2 aromatic rings. The molecule has 3 rings (SSSR count). The molecule has 0 N–H and O–H groups in total. The molecule has 3 heteroatoms. The molecule has 0 saturated carbocycles. The average molecular weight is 285 g/mol. The van der Waals surface area contributed by atoms with Crippen LogP contribution in [0.3, 0.4) is 0 Å². The van der Waals surface area contributed by atoms with Crippen molar-refractivity contribution in [3.05, 3.63) is 36.6 Å². The Labute approximate surface area is 126 Å². The maximum absolute atomic E-state index is 5.86. The van der Waals surface area contributed by atoms with Gasteiger partial charge in [-0.1, -0.05) is 13.0 Å². The molecule has 1 aromatic carbocycles. The fraction of sp³-hybridized carbons (Fsp3) is 0.444. The predicted molar refractivity (Wildman–Crippen MR) is 86.7 cm³/mol. The lowest BCUT2D eigenvalue weighted by Gasteiger charge is -2.26. The topological polar surface area (TPSA) is 25.6 Å². The van der Waals surface area contributed by atoms with Gasteiger partial charge in [0, 0.05) is 18.0 Å². The number of benzene rings is 1. The van der Waals surface area contributed by atoms with Crippen LogP contribution < -0.4 is 4.74 Å². The summed E-state index contributed by atoms with van der Waals surface area (Å²) in [5.74, 6) is 1.72. The molecule has 112 valence electrons. The quantitative estimate of drug-likeness (QED) is 0.817. The van der Waals surface area contributed by atoms with Crippen LogP contribution in [0, 0.1) is 0 Å². The number of fused-ring (bicyclic) bond motifs is 1. The summed E-state index contributed by atoms with van der Waals surface area (Å²) in [5, 5.41) is 1.09. The zero-order valence-corrected chi connectivity index (χ0v) is 12.7. The highest BCUT2D eigenvalue weighted by molar-refractivity contribution is 5.82. The summed E-state index contributed by atoms with van der Waals surface area (Å²) in [6.45, 7) is 10.0. The van der Waals surface area contributed by atoms with Crippen molar-refractivity contribution in [2.75, 3.05) is 26.2 Å². The minimum absolute atomic E-state index is 0.736. The summed E-state index contributed by atoms with van der Waals surface area (Å²) >= 11 is 0. The monoisotopic (exact) mass is 285 g/mol. The van der Waals surface area contributed by atoms with E-state index in [2.05, 4.69) is 11.5 Å². The lowest BCUT2D eigenvalue weighted by molar-refractivity contribution is 0.183. The summed E-state index contributed by atoms with van der Waals surface area (Å²) in [7, 11) is 0. The van der Waals surface area contributed by atoms with Crippen molar-refractivity contribution in [3.8, 4) is 5.75 Å². The van der Waals surface area contributed by atoms with E-state index in [9.17, 15) is 0 Å². The van der Waals surface area contributed by atoms with Gasteiger partial charge in [0.05, 0.1) is 0 Å². The summed E-state index contributed by atoms with van der Waals surface area (Å²) in [6, 6.07) is 8.05. The predicted octanol–water partition coefficient (Wildman–Crippen LogP) is 4.33. The fourth-order valence-corrected chi connectivity index (χ4v) is 2.79. The molecule has 0 radical (unpaired) electrons. The van der Waals surface area contributed by atoms with E-state index in [0.29, 0.717) is 0 Å². The van der Waals surface area contributed by atoms with Crippen LogP contribution in [-0.2, 0) is 0 Å². The van der Waals surface area contributed by atoms with Gasteiger partial charge in [-0.3, -0.25) is 4.90 Å². The van der Waals surface area contributed by atoms with Crippen LogP contribution in [-0.4, -0.2) is 31.1 Å². The standard InChI is InChI=1S/C18H23NO2/c1-14(2)17-12-15-6-7-16(13-18(15)21-17)20-11-10-19-8-4-3-5-9-19/h6-7,12-13H,1,3-5,8-11H2,2H3. The molecule has 1 saturated heterocycles. The number of likely N-dealkylation sites (tertiary alicyclic amines) is 1. The summed E-state index contributed by atoms with van der Waals surface area (Å²) in [5.41, 5.74) is 1.81. The second-order valence-corrected chi connectivity index (χ2v) is 5.84. The number of hydrogen-bond acceptors (Lipinski definition) is 3. The van der Waals surface area contributed by atoms with Crippen molar-refractivity contribution >= 4 is 16.5 Å². The van der Waals surface area contributed by atoms with Crippen LogP contribution in [0.25, 0.3) is 16.5 Å². The van der Waals surface area contributed by atoms with E-state index in [1.807, 2.05) is 31.2 Å². The third-order valence-corrected chi connectivity index (χ3v) is 4.04. The van der Waals surface area contributed by atoms with Gasteiger partial charge in [0.15, 0.2) is 0 Å². The van der Waals surface area contributed by atoms with Gasteiger partial charge in [-0.05, 0) is 56.6 Å². The van der Waals surface area contributed by atoms with Crippen molar-refractivity contribution in [1.82, 2.24) is 4.90 Å². The lowest BCUT2D eigenvalue weighted by atomic mass is 10.1. The van der Waals surface area contributed by atoms with Crippen LogP contribution >= 0.6 is 0 Å². The minimum atomic E-state index is 0.736. The average Bonchev–Trinajstić information content (AvgIpc) is 2.92. The normalized spacial score (nSPS) is 16.2. The third kappa shape index (κ3) is 3.48. The molecule has 0 spiro atoms. The van der Waals surface area contributed by atoms with Crippen LogP contribution in [0.4, 0.5) is 0 Å². The SMILES string of the molecule is C=C(C)c1cc2ccc(OCCN3CCCCC3)cc2o1. The van der Waals surface area contributed by atoms with Gasteiger partial charge < -0.3 is 9.15 Å². The highest BCUT2D eigenvalue weighted by Gasteiger charge is 2.10. The third-order valence-electron chi connectivity index (χ3n) is 4.04. The van der Waals surface area contributed by atoms with Crippen molar-refractivity contribution in [2.24, 2.45) is 0 Å². The number of ether oxygens (including phenoxy) is 1. The Morgan fingerprint density at radius 3 is 2.81 bits per heavy atom. The molecule has 3 nitrogen and oxygen atoms in total. The molecule has 1 fully saturated rings. The van der Waals surface area contributed by atoms with Gasteiger partial charge in [-0.25, -0.2) is 0 Å². The molecule has 1 aromatic heterocycles. The number of hydrogen-bond donors (Lipinski definition) is 0. The molecule has 0 unspecified atom stereocenters. The first-order valence-corrected chi connectivity index (χ1v) is 7.77. The number of allylic oxidation sites excluding steroid dienone is 1. The van der Waals surface area contributed by atoms with Crippen LogP contribution in [0.2, 0.25) is 0 Å². The summed E-state index contributed by atoms with van der Waals surface area (Å²) in [6.07, 6.45) is 4.02. The molecule has 2 heterocycles. The Morgan fingerprint density at radius 2 is 2.05 bits per heavy atom. The van der Waals surface area contributed by atoms with Gasteiger partial charge in [0.2, 0.25) is 0 Å². The molecule has 21 heavy (non-hydrogen) atoms. The Kier molecular flexibility index (Phi) is 4.30. The number of piperidine rings is 1. The first-order chi connectivity index (χ1) is 10.2. The van der Waals surface area contributed by atoms with Gasteiger partial charge >= 0.3 is 0 Å². The van der Waals surface area contributed by atoms with Crippen LogP contribution in [0.1, 0.15) is 31.9 Å².